The summed E-state index contributed by atoms with van der Waals surface area (Å²) in [5.74, 6) is -0.374. The van der Waals surface area contributed by atoms with Crippen molar-refractivity contribution in [1.82, 2.24) is 4.57 Å². The number of hydrogen-bond donors (Lipinski definition) is 1. The molecule has 0 bridgehead atoms. The van der Waals surface area contributed by atoms with Crippen LogP contribution in [0, 0.1) is 0 Å². The fourth-order valence-electron chi connectivity index (χ4n) is 2.64. The molecule has 1 aromatic carbocycles. The number of amides is 2. The van der Waals surface area contributed by atoms with Gasteiger partial charge in [0.1, 0.15) is 5.56 Å². The monoisotopic (exact) mass is 311 g/mol. The van der Waals surface area contributed by atoms with Crippen LogP contribution in [-0.4, -0.2) is 22.9 Å². The van der Waals surface area contributed by atoms with Crippen molar-refractivity contribution in [3.05, 3.63) is 58.5 Å². The molecule has 2 heterocycles. The summed E-state index contributed by atoms with van der Waals surface area (Å²) in [5.41, 5.74) is 1.04. The topological polar surface area (TPSA) is 71.4 Å². The second-order valence-corrected chi connectivity index (χ2v) is 5.49. The number of rotatable bonds is 3. The Labute approximate surface area is 133 Å². The lowest BCUT2D eigenvalue weighted by Gasteiger charge is -2.16. The first kappa shape index (κ1) is 15.0. The van der Waals surface area contributed by atoms with Gasteiger partial charge in [-0.05, 0) is 36.8 Å². The normalized spacial score (nSPS) is 14.1. The number of anilines is 2. The molecular formula is C17H17N3O3. The minimum Gasteiger partial charge on any atom is -0.322 e. The molecule has 0 radical (unpaired) electrons. The van der Waals surface area contributed by atoms with Crippen LogP contribution < -0.4 is 15.8 Å². The van der Waals surface area contributed by atoms with Crippen molar-refractivity contribution in [2.45, 2.75) is 12.8 Å². The van der Waals surface area contributed by atoms with Crippen molar-refractivity contribution in [1.29, 1.82) is 0 Å². The largest absolute Gasteiger partial charge is 0.322 e. The summed E-state index contributed by atoms with van der Waals surface area (Å²) in [5, 5.41) is 2.71. The highest BCUT2D eigenvalue weighted by atomic mass is 16.2. The Hall–Kier alpha value is -2.89. The van der Waals surface area contributed by atoms with Gasteiger partial charge in [0.25, 0.3) is 11.5 Å². The minimum atomic E-state index is -0.462. The van der Waals surface area contributed by atoms with E-state index in [4.69, 9.17) is 0 Å². The molecule has 2 amide bonds. The quantitative estimate of drug-likeness (QED) is 0.939. The fraction of sp³-hybridized carbons (Fsp3) is 0.235. The van der Waals surface area contributed by atoms with E-state index >= 15 is 0 Å². The van der Waals surface area contributed by atoms with E-state index < -0.39 is 5.91 Å². The third-order valence-corrected chi connectivity index (χ3v) is 3.86. The molecule has 1 aliphatic heterocycles. The van der Waals surface area contributed by atoms with Gasteiger partial charge in [0, 0.05) is 37.6 Å². The molecule has 0 atom stereocenters. The van der Waals surface area contributed by atoms with E-state index in [0.29, 0.717) is 18.7 Å². The highest BCUT2D eigenvalue weighted by Crippen LogP contribution is 2.24. The molecular weight excluding hydrogens is 294 g/mol. The van der Waals surface area contributed by atoms with E-state index in [1.54, 1.807) is 42.4 Å². The van der Waals surface area contributed by atoms with Crippen LogP contribution >= 0.6 is 0 Å². The molecule has 6 nitrogen and oxygen atoms in total. The Kier molecular flexibility index (Phi) is 3.97. The molecule has 1 aromatic heterocycles. The van der Waals surface area contributed by atoms with Crippen molar-refractivity contribution in [3.63, 3.8) is 0 Å². The number of pyridine rings is 1. The van der Waals surface area contributed by atoms with Gasteiger partial charge in [0.2, 0.25) is 5.91 Å². The summed E-state index contributed by atoms with van der Waals surface area (Å²) >= 11 is 0. The predicted octanol–water partition coefficient (Wildman–Crippen LogP) is 1.76. The highest BCUT2D eigenvalue weighted by Gasteiger charge is 2.22. The number of nitrogens with one attached hydrogen (secondary N) is 1. The van der Waals surface area contributed by atoms with E-state index in [2.05, 4.69) is 5.32 Å². The van der Waals surface area contributed by atoms with Crippen molar-refractivity contribution < 1.29 is 9.59 Å². The van der Waals surface area contributed by atoms with Gasteiger partial charge in [0.05, 0.1) is 0 Å². The van der Waals surface area contributed by atoms with E-state index in [-0.39, 0.29) is 17.0 Å². The molecule has 6 heteroatoms. The van der Waals surface area contributed by atoms with Gasteiger partial charge >= 0.3 is 0 Å². The van der Waals surface area contributed by atoms with Crippen molar-refractivity contribution >= 4 is 23.2 Å². The molecule has 0 saturated carbocycles. The zero-order chi connectivity index (χ0) is 16.4. The van der Waals surface area contributed by atoms with Gasteiger partial charge in [-0.15, -0.1) is 0 Å². The van der Waals surface area contributed by atoms with E-state index in [1.807, 2.05) is 6.07 Å². The molecule has 0 spiro atoms. The number of hydrogen-bond acceptors (Lipinski definition) is 3. The number of aromatic nitrogens is 1. The number of carbonyl (C=O) groups is 2. The van der Waals surface area contributed by atoms with Gasteiger partial charge in [-0.25, -0.2) is 0 Å². The number of carbonyl (C=O) groups excluding carboxylic acids is 2. The predicted molar refractivity (Wildman–Crippen MR) is 87.7 cm³/mol. The molecule has 23 heavy (non-hydrogen) atoms. The summed E-state index contributed by atoms with van der Waals surface area (Å²) in [6.45, 7) is 0.690. The van der Waals surface area contributed by atoms with Crippen molar-refractivity contribution in [2.75, 3.05) is 16.8 Å². The lowest BCUT2D eigenvalue weighted by Crippen LogP contribution is -2.27. The standard InChI is InChI=1S/C17H17N3O3/c1-19-9-3-7-14(17(19)23)16(22)18-12-5-2-6-13(11-12)20-10-4-8-15(20)21/h2-3,5-7,9,11H,4,8,10H2,1H3,(H,18,22). The number of aryl methyl sites for hydroxylation is 1. The van der Waals surface area contributed by atoms with Crippen LogP contribution in [0.4, 0.5) is 11.4 Å². The summed E-state index contributed by atoms with van der Waals surface area (Å²) < 4.78 is 1.36. The summed E-state index contributed by atoms with van der Waals surface area (Å²) in [6, 6.07) is 10.2. The summed E-state index contributed by atoms with van der Waals surface area (Å²) in [4.78, 5) is 37.8. The van der Waals surface area contributed by atoms with Crippen LogP contribution in [-0.2, 0) is 11.8 Å². The smallest absolute Gasteiger partial charge is 0.263 e. The van der Waals surface area contributed by atoms with Gasteiger partial charge in [-0.3, -0.25) is 14.4 Å². The van der Waals surface area contributed by atoms with Crippen LogP contribution in [0.25, 0.3) is 0 Å². The SMILES string of the molecule is Cn1cccc(C(=O)Nc2cccc(N3CCCC3=O)c2)c1=O. The highest BCUT2D eigenvalue weighted by molar-refractivity contribution is 6.04. The van der Waals surface area contributed by atoms with E-state index in [0.717, 1.165) is 12.1 Å². The Morgan fingerprint density at radius 1 is 1.17 bits per heavy atom. The van der Waals surface area contributed by atoms with Crippen LogP contribution in [0.15, 0.2) is 47.4 Å². The maximum atomic E-state index is 12.3. The second-order valence-electron chi connectivity index (χ2n) is 5.49. The van der Waals surface area contributed by atoms with Gasteiger partial charge in [0.15, 0.2) is 0 Å². The lowest BCUT2D eigenvalue weighted by molar-refractivity contribution is -0.117. The molecule has 118 valence electrons. The first-order chi connectivity index (χ1) is 11.1. The first-order valence-electron chi connectivity index (χ1n) is 7.44. The third-order valence-electron chi connectivity index (χ3n) is 3.86. The Balaban J connectivity index is 1.83. The molecule has 1 fully saturated rings. The molecule has 0 unspecified atom stereocenters. The van der Waals surface area contributed by atoms with Crippen molar-refractivity contribution in [2.24, 2.45) is 7.05 Å². The second kappa shape index (κ2) is 6.08. The molecule has 0 aliphatic carbocycles. The van der Waals surface area contributed by atoms with Gasteiger partial charge < -0.3 is 14.8 Å². The number of nitrogens with zero attached hydrogens (tertiary/aromatic N) is 2. The zero-order valence-corrected chi connectivity index (χ0v) is 12.8. The molecule has 3 rings (SSSR count). The molecule has 1 aliphatic rings. The zero-order valence-electron chi connectivity index (χ0n) is 12.8. The van der Waals surface area contributed by atoms with Crippen LogP contribution in [0.1, 0.15) is 23.2 Å². The molecule has 1 N–H and O–H groups in total. The Bertz CT molecular complexity index is 826. The summed E-state index contributed by atoms with van der Waals surface area (Å²) in [6.07, 6.45) is 2.99. The average molecular weight is 311 g/mol. The maximum Gasteiger partial charge on any atom is 0.263 e. The average Bonchev–Trinajstić information content (AvgIpc) is 2.96. The first-order valence-corrected chi connectivity index (χ1v) is 7.44. The third kappa shape index (κ3) is 3.01. The van der Waals surface area contributed by atoms with Gasteiger partial charge in [-0.1, -0.05) is 6.07 Å². The molecule has 1 saturated heterocycles. The van der Waals surface area contributed by atoms with E-state index in [1.165, 1.54) is 10.6 Å². The Morgan fingerprint density at radius 2 is 2.00 bits per heavy atom. The Morgan fingerprint density at radius 3 is 2.74 bits per heavy atom. The van der Waals surface area contributed by atoms with Crippen molar-refractivity contribution in [3.8, 4) is 0 Å². The maximum absolute atomic E-state index is 12.3. The lowest BCUT2D eigenvalue weighted by atomic mass is 10.2. The van der Waals surface area contributed by atoms with Crippen LogP contribution in [0.5, 0.6) is 0 Å². The van der Waals surface area contributed by atoms with Crippen LogP contribution in [0.2, 0.25) is 0 Å². The molecule has 2 aromatic rings. The van der Waals surface area contributed by atoms with Gasteiger partial charge in [-0.2, -0.15) is 0 Å². The number of benzene rings is 1. The minimum absolute atomic E-state index is 0.0812. The van der Waals surface area contributed by atoms with Crippen LogP contribution in [0.3, 0.4) is 0 Å². The summed E-state index contributed by atoms with van der Waals surface area (Å²) in [7, 11) is 1.60. The fourth-order valence-corrected chi connectivity index (χ4v) is 2.64. The van der Waals surface area contributed by atoms with E-state index in [9.17, 15) is 14.4 Å².